The van der Waals surface area contributed by atoms with E-state index in [2.05, 4.69) is 16.8 Å². The fraction of sp³-hybridized carbons (Fsp3) is 0.818. The second kappa shape index (κ2) is 29.2. The fourth-order valence-electron chi connectivity index (χ4n) is 0.614. The summed E-state index contributed by atoms with van der Waals surface area (Å²) >= 11 is 0. The highest BCUT2D eigenvalue weighted by molar-refractivity contribution is 4.68. The van der Waals surface area contributed by atoms with Crippen LogP contribution in [0.4, 0.5) is 0 Å². The number of hydrazine groups is 1. The van der Waals surface area contributed by atoms with Crippen molar-refractivity contribution in [3.05, 3.63) is 0 Å². The molecule has 16 heavy (non-hydrogen) atoms. The standard InChI is InChI=1S/C5H10N2.C4H9N3.2CH4/c1-7-5-3-2-4-6;5-3-1-2-4-7-6;;/h7H,2-3,5H2,1H3;7H,1-2,4,6H2;2*1H4. The van der Waals surface area contributed by atoms with Gasteiger partial charge >= 0.3 is 0 Å². The molecule has 0 unspecified atom stereocenters. The Labute approximate surface area is 101 Å². The summed E-state index contributed by atoms with van der Waals surface area (Å²) in [5.41, 5.74) is 2.45. The van der Waals surface area contributed by atoms with E-state index in [0.717, 1.165) is 25.9 Å². The molecule has 0 rings (SSSR count). The molecule has 0 aliphatic carbocycles. The van der Waals surface area contributed by atoms with E-state index >= 15 is 0 Å². The highest BCUT2D eigenvalue weighted by Crippen LogP contribution is 1.80. The van der Waals surface area contributed by atoms with Crippen LogP contribution in [0.25, 0.3) is 0 Å². The summed E-state index contributed by atoms with van der Waals surface area (Å²) in [5, 5.41) is 18.9. The Balaban J connectivity index is -0.0000000800. The average Bonchev–Trinajstić information content (AvgIpc) is 2.21. The van der Waals surface area contributed by atoms with Crippen LogP contribution in [0.15, 0.2) is 0 Å². The first-order chi connectivity index (χ1) is 6.83. The monoisotopic (exact) mass is 229 g/mol. The van der Waals surface area contributed by atoms with Crippen LogP contribution in [0.2, 0.25) is 0 Å². The first-order valence-electron chi connectivity index (χ1n) is 4.65. The minimum atomic E-state index is 0. The number of unbranched alkanes of at least 4 members (excludes halogenated alkanes) is 2. The van der Waals surface area contributed by atoms with E-state index in [4.69, 9.17) is 16.4 Å². The van der Waals surface area contributed by atoms with Crippen LogP contribution in [-0.4, -0.2) is 20.1 Å². The molecule has 0 aliphatic heterocycles. The van der Waals surface area contributed by atoms with Crippen molar-refractivity contribution in [2.45, 2.75) is 40.5 Å². The van der Waals surface area contributed by atoms with Crippen LogP contribution >= 0.6 is 0 Å². The van der Waals surface area contributed by atoms with Gasteiger partial charge < -0.3 is 5.32 Å². The van der Waals surface area contributed by atoms with Gasteiger partial charge in [0.25, 0.3) is 0 Å². The predicted molar refractivity (Wildman–Crippen MR) is 69.3 cm³/mol. The van der Waals surface area contributed by atoms with Crippen molar-refractivity contribution in [3.63, 3.8) is 0 Å². The maximum atomic E-state index is 8.02. The quantitative estimate of drug-likeness (QED) is 0.364. The van der Waals surface area contributed by atoms with Crippen molar-refractivity contribution >= 4 is 0 Å². The van der Waals surface area contributed by atoms with Crippen LogP contribution in [-0.2, 0) is 0 Å². The topological polar surface area (TPSA) is 97.7 Å². The maximum Gasteiger partial charge on any atom is 0.0622 e. The lowest BCUT2D eigenvalue weighted by Gasteiger charge is -1.88. The molecule has 0 saturated heterocycles. The Morgan fingerprint density at radius 1 is 1.00 bits per heavy atom. The molecule has 0 radical (unpaired) electrons. The van der Waals surface area contributed by atoms with Gasteiger partial charge in [0, 0.05) is 19.4 Å². The molecular weight excluding hydrogens is 202 g/mol. The lowest BCUT2D eigenvalue weighted by Crippen LogP contribution is -2.22. The summed E-state index contributed by atoms with van der Waals surface area (Å²) < 4.78 is 0. The third-order valence-corrected chi connectivity index (χ3v) is 1.33. The number of hydrogen-bond donors (Lipinski definition) is 3. The van der Waals surface area contributed by atoms with E-state index in [1.165, 1.54) is 0 Å². The van der Waals surface area contributed by atoms with E-state index in [1.807, 2.05) is 13.1 Å². The van der Waals surface area contributed by atoms with Crippen molar-refractivity contribution < 1.29 is 0 Å². The van der Waals surface area contributed by atoms with Gasteiger partial charge in [-0.05, 0) is 26.4 Å². The Morgan fingerprint density at radius 3 is 1.75 bits per heavy atom. The summed E-state index contributed by atoms with van der Waals surface area (Å²) in [6.45, 7) is 1.68. The molecule has 0 saturated carbocycles. The number of rotatable bonds is 6. The van der Waals surface area contributed by atoms with Gasteiger partial charge in [-0.25, -0.2) is 0 Å². The number of nitrogens with one attached hydrogen (secondary N) is 2. The molecule has 0 aliphatic rings. The summed E-state index contributed by atoms with van der Waals surface area (Å²) in [4.78, 5) is 0. The molecule has 0 heterocycles. The third kappa shape index (κ3) is 38.4. The molecule has 4 N–H and O–H groups in total. The first kappa shape index (κ1) is 24.2. The van der Waals surface area contributed by atoms with E-state index in [-0.39, 0.29) is 14.9 Å². The smallest absolute Gasteiger partial charge is 0.0622 e. The lowest BCUT2D eigenvalue weighted by molar-refractivity contribution is 0.690. The molecule has 0 aromatic carbocycles. The van der Waals surface area contributed by atoms with Gasteiger partial charge in [-0.3, -0.25) is 11.3 Å². The summed E-state index contributed by atoms with van der Waals surface area (Å²) in [6.07, 6.45) is 3.06. The van der Waals surface area contributed by atoms with Crippen LogP contribution < -0.4 is 16.6 Å². The Hall–Kier alpha value is -1.14. The van der Waals surface area contributed by atoms with Crippen LogP contribution in [0.3, 0.4) is 0 Å². The zero-order valence-electron chi connectivity index (χ0n) is 8.71. The molecule has 0 amide bonds. The second-order valence-electron chi connectivity index (χ2n) is 2.58. The van der Waals surface area contributed by atoms with Crippen LogP contribution in [0.5, 0.6) is 0 Å². The number of nitriles is 2. The Bertz CT molecular complexity index is 148. The van der Waals surface area contributed by atoms with E-state index in [9.17, 15) is 0 Å². The molecule has 0 aromatic rings. The Kier molecular flexibility index (Phi) is 44.2. The van der Waals surface area contributed by atoms with E-state index < -0.39 is 0 Å². The molecule has 0 fully saturated rings. The van der Waals surface area contributed by atoms with Crippen LogP contribution in [0.1, 0.15) is 40.5 Å². The van der Waals surface area contributed by atoms with E-state index in [1.54, 1.807) is 0 Å². The van der Waals surface area contributed by atoms with Crippen molar-refractivity contribution in [2.24, 2.45) is 5.84 Å². The highest BCUT2D eigenvalue weighted by atomic mass is 15.2. The molecule has 5 nitrogen and oxygen atoms in total. The second-order valence-corrected chi connectivity index (χ2v) is 2.58. The van der Waals surface area contributed by atoms with Gasteiger partial charge in [0.1, 0.15) is 0 Å². The molecular formula is C11H27N5. The zero-order valence-corrected chi connectivity index (χ0v) is 8.71. The summed E-state index contributed by atoms with van der Waals surface area (Å²) in [7, 11) is 1.89. The largest absolute Gasteiger partial charge is 0.320 e. The number of nitrogens with two attached hydrogens (primary N) is 1. The number of nitrogens with zero attached hydrogens (tertiary/aromatic N) is 2. The normalized spacial score (nSPS) is 7.00. The SMILES string of the molecule is C.C.CNCCCC#N.N#CCCCNN. The molecule has 0 aromatic heterocycles. The third-order valence-electron chi connectivity index (χ3n) is 1.33. The van der Waals surface area contributed by atoms with Crippen molar-refractivity contribution in [1.82, 2.24) is 10.7 Å². The van der Waals surface area contributed by atoms with Gasteiger partial charge in [-0.2, -0.15) is 10.5 Å². The predicted octanol–water partition coefficient (Wildman–Crippen LogP) is 1.54. The number of hydrogen-bond acceptors (Lipinski definition) is 5. The van der Waals surface area contributed by atoms with Crippen molar-refractivity contribution in [2.75, 3.05) is 20.1 Å². The summed E-state index contributed by atoms with van der Waals surface area (Å²) in [6, 6.07) is 4.07. The zero-order chi connectivity index (χ0) is 11.1. The minimum Gasteiger partial charge on any atom is -0.320 e. The molecule has 0 bridgehead atoms. The maximum absolute atomic E-state index is 8.02. The average molecular weight is 229 g/mol. The van der Waals surface area contributed by atoms with Gasteiger partial charge in [-0.15, -0.1) is 0 Å². The molecule has 5 heteroatoms. The molecule has 0 spiro atoms. The fourth-order valence-corrected chi connectivity index (χ4v) is 0.614. The first-order valence-corrected chi connectivity index (χ1v) is 4.65. The van der Waals surface area contributed by atoms with Crippen molar-refractivity contribution in [3.8, 4) is 12.1 Å². The molecule has 0 atom stereocenters. The van der Waals surface area contributed by atoms with Gasteiger partial charge in [0.15, 0.2) is 0 Å². The minimum absolute atomic E-state index is 0. The summed E-state index contributed by atoms with van der Waals surface area (Å²) in [5.74, 6) is 4.91. The molecule has 96 valence electrons. The lowest BCUT2D eigenvalue weighted by atomic mass is 10.3. The highest BCUT2D eigenvalue weighted by Gasteiger charge is 1.79. The van der Waals surface area contributed by atoms with Crippen LogP contribution in [0, 0.1) is 22.7 Å². The van der Waals surface area contributed by atoms with Crippen molar-refractivity contribution in [1.29, 1.82) is 10.5 Å². The van der Waals surface area contributed by atoms with E-state index in [0.29, 0.717) is 12.8 Å². The van der Waals surface area contributed by atoms with Gasteiger partial charge in [0.2, 0.25) is 0 Å². The van der Waals surface area contributed by atoms with Gasteiger partial charge in [-0.1, -0.05) is 14.9 Å². The van der Waals surface area contributed by atoms with Gasteiger partial charge in [0.05, 0.1) is 12.1 Å². The Morgan fingerprint density at radius 2 is 1.44 bits per heavy atom.